The first-order valence-corrected chi connectivity index (χ1v) is 7.56. The first-order valence-electron chi connectivity index (χ1n) is 6.74. The normalized spacial score (nSPS) is 17.2. The lowest BCUT2D eigenvalue weighted by molar-refractivity contribution is 0.406. The monoisotopic (exact) mass is 252 g/mol. The molecular formula is C14H24N2S. The van der Waals surface area contributed by atoms with Gasteiger partial charge in [0.25, 0.3) is 0 Å². The Morgan fingerprint density at radius 3 is 2.76 bits per heavy atom. The van der Waals surface area contributed by atoms with Crippen LogP contribution in [-0.4, -0.2) is 12.6 Å². The van der Waals surface area contributed by atoms with E-state index in [4.69, 9.17) is 5.73 Å². The minimum Gasteiger partial charge on any atom is -0.329 e. The van der Waals surface area contributed by atoms with E-state index in [2.05, 4.69) is 25.2 Å². The molecule has 1 aromatic rings. The third-order valence-electron chi connectivity index (χ3n) is 3.64. The van der Waals surface area contributed by atoms with Gasteiger partial charge >= 0.3 is 0 Å². The summed E-state index contributed by atoms with van der Waals surface area (Å²) in [5, 5.41) is 3.58. The lowest BCUT2D eigenvalue weighted by Gasteiger charge is -2.19. The van der Waals surface area contributed by atoms with E-state index in [1.165, 1.54) is 30.6 Å². The zero-order valence-electron chi connectivity index (χ0n) is 11.0. The molecule has 3 N–H and O–H groups in total. The van der Waals surface area contributed by atoms with E-state index in [0.717, 1.165) is 13.1 Å². The molecule has 1 atom stereocenters. The minimum absolute atomic E-state index is 0.439. The van der Waals surface area contributed by atoms with E-state index < -0.39 is 0 Å². The zero-order valence-corrected chi connectivity index (χ0v) is 11.8. The fourth-order valence-electron chi connectivity index (χ4n) is 2.46. The topological polar surface area (TPSA) is 38.0 Å². The molecule has 0 saturated carbocycles. The molecule has 0 amide bonds. The lowest BCUT2D eigenvalue weighted by atomic mass is 9.99. The van der Waals surface area contributed by atoms with Crippen molar-refractivity contribution in [3.63, 3.8) is 0 Å². The van der Waals surface area contributed by atoms with E-state index in [0.29, 0.717) is 12.0 Å². The van der Waals surface area contributed by atoms with E-state index in [1.807, 2.05) is 11.3 Å². The van der Waals surface area contributed by atoms with Crippen molar-refractivity contribution < 1.29 is 0 Å². The molecule has 0 bridgehead atoms. The first kappa shape index (κ1) is 13.1. The van der Waals surface area contributed by atoms with Gasteiger partial charge < -0.3 is 11.1 Å². The van der Waals surface area contributed by atoms with Gasteiger partial charge in [-0.15, -0.1) is 11.3 Å². The number of rotatable bonds is 5. The highest BCUT2D eigenvalue weighted by atomic mass is 32.1. The Bertz CT molecular complexity index is 334. The number of hydrogen-bond acceptors (Lipinski definition) is 3. The van der Waals surface area contributed by atoms with Gasteiger partial charge in [-0.3, -0.25) is 0 Å². The van der Waals surface area contributed by atoms with Crippen molar-refractivity contribution in [2.45, 2.75) is 52.1 Å². The number of hydrogen-bond donors (Lipinski definition) is 2. The molecule has 1 heterocycles. The Kier molecular flexibility index (Phi) is 4.60. The van der Waals surface area contributed by atoms with Crippen LogP contribution < -0.4 is 11.1 Å². The number of aryl methyl sites for hydroxylation is 2. The number of nitrogens with one attached hydrogen (secondary N) is 1. The van der Waals surface area contributed by atoms with Crippen LogP contribution in [0.1, 0.15) is 42.0 Å². The Morgan fingerprint density at radius 1 is 1.35 bits per heavy atom. The highest BCUT2D eigenvalue weighted by Crippen LogP contribution is 2.29. The van der Waals surface area contributed by atoms with Gasteiger partial charge in [0.05, 0.1) is 0 Å². The zero-order chi connectivity index (χ0) is 12.3. The third-order valence-corrected chi connectivity index (χ3v) is 4.88. The van der Waals surface area contributed by atoms with Crippen LogP contribution in [0.4, 0.5) is 0 Å². The number of fused-ring (bicyclic) bond motifs is 1. The molecular weight excluding hydrogens is 228 g/mol. The molecule has 17 heavy (non-hydrogen) atoms. The van der Waals surface area contributed by atoms with Gasteiger partial charge in [-0.2, -0.15) is 0 Å². The molecule has 1 unspecified atom stereocenters. The van der Waals surface area contributed by atoms with Crippen LogP contribution >= 0.6 is 11.3 Å². The number of nitrogens with two attached hydrogens (primary N) is 1. The quantitative estimate of drug-likeness (QED) is 0.845. The van der Waals surface area contributed by atoms with Crippen molar-refractivity contribution in [2.24, 2.45) is 11.7 Å². The molecule has 96 valence electrons. The van der Waals surface area contributed by atoms with Gasteiger partial charge in [0.15, 0.2) is 0 Å². The van der Waals surface area contributed by atoms with Crippen LogP contribution in [0, 0.1) is 5.92 Å². The SMILES string of the molecule is CC(C)C(CN)NCc1cc2c(s1)CCCC2. The maximum absolute atomic E-state index is 5.78. The fourth-order valence-corrected chi connectivity index (χ4v) is 3.67. The summed E-state index contributed by atoms with van der Waals surface area (Å²) in [6, 6.07) is 2.84. The summed E-state index contributed by atoms with van der Waals surface area (Å²) in [4.78, 5) is 3.11. The van der Waals surface area contributed by atoms with Gasteiger partial charge in [0, 0.05) is 28.9 Å². The Hall–Kier alpha value is -0.380. The average Bonchev–Trinajstić information content (AvgIpc) is 2.71. The van der Waals surface area contributed by atoms with Crippen molar-refractivity contribution in [1.82, 2.24) is 5.32 Å². The third kappa shape index (κ3) is 3.30. The van der Waals surface area contributed by atoms with E-state index in [1.54, 1.807) is 10.4 Å². The molecule has 0 aromatic carbocycles. The second-order valence-electron chi connectivity index (χ2n) is 5.34. The van der Waals surface area contributed by atoms with Crippen molar-refractivity contribution in [2.75, 3.05) is 6.54 Å². The minimum atomic E-state index is 0.439. The van der Waals surface area contributed by atoms with Gasteiger partial charge in [0.1, 0.15) is 0 Å². The summed E-state index contributed by atoms with van der Waals surface area (Å²) in [6.07, 6.45) is 5.33. The number of thiophene rings is 1. The molecule has 1 aromatic heterocycles. The second kappa shape index (κ2) is 5.98. The lowest BCUT2D eigenvalue weighted by Crippen LogP contribution is -2.39. The molecule has 1 aliphatic rings. The Balaban J connectivity index is 1.92. The molecule has 0 spiro atoms. The molecule has 1 aliphatic carbocycles. The fraction of sp³-hybridized carbons (Fsp3) is 0.714. The molecule has 2 rings (SSSR count). The van der Waals surface area contributed by atoms with Crippen LogP contribution in [0.5, 0.6) is 0 Å². The Morgan fingerprint density at radius 2 is 2.12 bits per heavy atom. The maximum atomic E-state index is 5.78. The predicted molar refractivity (Wildman–Crippen MR) is 75.5 cm³/mol. The highest BCUT2D eigenvalue weighted by molar-refractivity contribution is 7.12. The van der Waals surface area contributed by atoms with Gasteiger partial charge in [-0.25, -0.2) is 0 Å². The smallest absolute Gasteiger partial charge is 0.0303 e. The summed E-state index contributed by atoms with van der Waals surface area (Å²) in [6.45, 7) is 6.16. The Labute approximate surface area is 109 Å². The first-order chi connectivity index (χ1) is 8.20. The summed E-state index contributed by atoms with van der Waals surface area (Å²) in [5.41, 5.74) is 7.38. The molecule has 2 nitrogen and oxygen atoms in total. The van der Waals surface area contributed by atoms with E-state index >= 15 is 0 Å². The van der Waals surface area contributed by atoms with Gasteiger partial charge in [-0.05, 0) is 43.2 Å². The molecule has 0 aliphatic heterocycles. The second-order valence-corrected chi connectivity index (χ2v) is 6.56. The van der Waals surface area contributed by atoms with Crippen molar-refractivity contribution in [3.8, 4) is 0 Å². The van der Waals surface area contributed by atoms with E-state index in [-0.39, 0.29) is 0 Å². The molecule has 0 radical (unpaired) electrons. The molecule has 0 fully saturated rings. The van der Waals surface area contributed by atoms with Crippen molar-refractivity contribution >= 4 is 11.3 Å². The van der Waals surface area contributed by atoms with E-state index in [9.17, 15) is 0 Å². The summed E-state index contributed by atoms with van der Waals surface area (Å²) in [5.74, 6) is 0.606. The maximum Gasteiger partial charge on any atom is 0.0303 e. The van der Waals surface area contributed by atoms with Crippen molar-refractivity contribution in [1.29, 1.82) is 0 Å². The highest BCUT2D eigenvalue weighted by Gasteiger charge is 2.15. The summed E-state index contributed by atoms with van der Waals surface area (Å²) in [7, 11) is 0. The van der Waals surface area contributed by atoms with Crippen LogP contribution in [0.3, 0.4) is 0 Å². The van der Waals surface area contributed by atoms with Crippen LogP contribution in [0.15, 0.2) is 6.07 Å². The largest absolute Gasteiger partial charge is 0.329 e. The van der Waals surface area contributed by atoms with Crippen LogP contribution in [0.25, 0.3) is 0 Å². The standard InChI is InChI=1S/C14H24N2S/c1-10(2)13(8-15)16-9-12-7-11-5-3-4-6-14(11)17-12/h7,10,13,16H,3-6,8-9,15H2,1-2H3. The van der Waals surface area contributed by atoms with Crippen molar-refractivity contribution in [3.05, 3.63) is 21.4 Å². The summed E-state index contributed by atoms with van der Waals surface area (Å²) >= 11 is 2.00. The molecule has 0 saturated heterocycles. The molecule has 3 heteroatoms. The summed E-state index contributed by atoms with van der Waals surface area (Å²) < 4.78 is 0. The van der Waals surface area contributed by atoms with Crippen LogP contribution in [0.2, 0.25) is 0 Å². The van der Waals surface area contributed by atoms with Crippen LogP contribution in [-0.2, 0) is 19.4 Å². The average molecular weight is 252 g/mol. The predicted octanol–water partition coefficient (Wildman–Crippen LogP) is 2.70. The van der Waals surface area contributed by atoms with Gasteiger partial charge in [0.2, 0.25) is 0 Å². The van der Waals surface area contributed by atoms with Gasteiger partial charge in [-0.1, -0.05) is 13.8 Å².